The molecule has 7 N–H and O–H groups in total. The molecule has 0 spiro atoms. The molecular formula is C14H25NO10. The fourth-order valence-corrected chi connectivity index (χ4v) is 2.92. The molecule has 2 heterocycles. The summed E-state index contributed by atoms with van der Waals surface area (Å²) in [5, 5.41) is 61.5. The molecule has 10 atom stereocenters. The number of ether oxygens (including phenoxy) is 3. The lowest BCUT2D eigenvalue weighted by molar-refractivity contribution is -0.341. The number of aliphatic hydroxyl groups excluding tert-OH is 6. The van der Waals surface area contributed by atoms with Crippen molar-refractivity contribution in [2.45, 2.75) is 75.2 Å². The molecule has 146 valence electrons. The smallest absolute Gasteiger partial charge is 0.217 e. The third-order valence-electron chi connectivity index (χ3n) is 4.34. The highest BCUT2D eigenvalue weighted by Crippen LogP contribution is 2.28. The summed E-state index contributed by atoms with van der Waals surface area (Å²) < 4.78 is 15.9. The van der Waals surface area contributed by atoms with Crippen molar-refractivity contribution in [3.05, 3.63) is 0 Å². The highest BCUT2D eigenvalue weighted by molar-refractivity contribution is 5.73. The third kappa shape index (κ3) is 4.27. The topological polar surface area (TPSA) is 178 Å². The van der Waals surface area contributed by atoms with Gasteiger partial charge in [0.1, 0.15) is 42.7 Å². The minimum Gasteiger partial charge on any atom is -0.394 e. The molecule has 2 aliphatic heterocycles. The van der Waals surface area contributed by atoms with E-state index in [4.69, 9.17) is 14.2 Å². The van der Waals surface area contributed by atoms with Crippen LogP contribution in [0.25, 0.3) is 0 Å². The Morgan fingerprint density at radius 1 is 1.04 bits per heavy atom. The molecule has 11 nitrogen and oxygen atoms in total. The summed E-state index contributed by atoms with van der Waals surface area (Å²) in [4.78, 5) is 11.2. The highest BCUT2D eigenvalue weighted by atomic mass is 16.7. The summed E-state index contributed by atoms with van der Waals surface area (Å²) in [6.45, 7) is 2.01. The van der Waals surface area contributed by atoms with E-state index in [0.29, 0.717) is 0 Å². The first kappa shape index (κ1) is 20.4. The Bertz CT molecular complexity index is 465. The first-order chi connectivity index (χ1) is 11.7. The van der Waals surface area contributed by atoms with Crippen molar-refractivity contribution in [1.29, 1.82) is 0 Å². The van der Waals surface area contributed by atoms with E-state index in [9.17, 15) is 35.4 Å². The van der Waals surface area contributed by atoms with Gasteiger partial charge in [-0.2, -0.15) is 0 Å². The fraction of sp³-hybridized carbons (Fsp3) is 0.929. The summed E-state index contributed by atoms with van der Waals surface area (Å²) in [5.74, 6) is -0.533. The average molecular weight is 367 g/mol. The van der Waals surface area contributed by atoms with Crippen molar-refractivity contribution in [2.24, 2.45) is 0 Å². The largest absolute Gasteiger partial charge is 0.394 e. The Balaban J connectivity index is 2.15. The Labute approximate surface area is 143 Å². The summed E-state index contributed by atoms with van der Waals surface area (Å²) in [7, 11) is 0. The molecule has 0 aliphatic carbocycles. The maximum atomic E-state index is 11.2. The van der Waals surface area contributed by atoms with Crippen molar-refractivity contribution in [3.8, 4) is 0 Å². The maximum absolute atomic E-state index is 11.2. The van der Waals surface area contributed by atoms with Crippen molar-refractivity contribution in [3.63, 3.8) is 0 Å². The van der Waals surface area contributed by atoms with E-state index in [-0.39, 0.29) is 0 Å². The number of rotatable bonds is 4. The molecule has 0 aromatic carbocycles. The Hall–Kier alpha value is -0.890. The fourth-order valence-electron chi connectivity index (χ4n) is 2.92. The van der Waals surface area contributed by atoms with Crippen LogP contribution in [0.4, 0.5) is 0 Å². The first-order valence-corrected chi connectivity index (χ1v) is 7.92. The molecule has 0 unspecified atom stereocenters. The van der Waals surface area contributed by atoms with E-state index >= 15 is 0 Å². The number of hydrogen-bond acceptors (Lipinski definition) is 10. The molecule has 0 aromatic heterocycles. The number of aliphatic hydroxyl groups is 6. The summed E-state index contributed by atoms with van der Waals surface area (Å²) in [5.41, 5.74) is 0. The van der Waals surface area contributed by atoms with Gasteiger partial charge in [0.2, 0.25) is 5.91 Å². The molecule has 2 saturated heterocycles. The lowest BCUT2D eigenvalue weighted by Gasteiger charge is -2.46. The van der Waals surface area contributed by atoms with Crippen LogP contribution in [0, 0.1) is 0 Å². The Kier molecular flexibility index (Phi) is 6.70. The molecule has 2 aliphatic rings. The zero-order valence-electron chi connectivity index (χ0n) is 13.8. The number of carbonyl (C=O) groups excluding carboxylic acids is 1. The predicted molar refractivity (Wildman–Crippen MR) is 78.8 cm³/mol. The third-order valence-corrected chi connectivity index (χ3v) is 4.34. The molecule has 0 bridgehead atoms. The second kappa shape index (κ2) is 8.20. The van der Waals surface area contributed by atoms with E-state index in [1.165, 1.54) is 13.8 Å². The summed E-state index contributed by atoms with van der Waals surface area (Å²) >= 11 is 0. The Morgan fingerprint density at radius 2 is 1.68 bits per heavy atom. The van der Waals surface area contributed by atoms with Gasteiger partial charge in [-0.3, -0.25) is 4.79 Å². The standard InChI is InChI=1S/C14H25NO10/c1-4-8(18)10(20)11(21)14(23-4)25-12-6(3-16)24-13(22)7(9(12)19)15-5(2)17/h4,6-14,16,18-22H,3H2,1-2H3,(H,15,17)/t4-,6+,7-,8-,9+,10+,11+,12-,13+,14+/m1/s1. The number of amides is 1. The van der Waals surface area contributed by atoms with Crippen LogP contribution in [0.1, 0.15) is 13.8 Å². The molecule has 11 heteroatoms. The van der Waals surface area contributed by atoms with Crippen molar-refractivity contribution < 1.29 is 49.6 Å². The molecule has 2 fully saturated rings. The van der Waals surface area contributed by atoms with Gasteiger partial charge in [0.25, 0.3) is 0 Å². The van der Waals surface area contributed by atoms with Gasteiger partial charge in [-0.1, -0.05) is 0 Å². The lowest BCUT2D eigenvalue weighted by atomic mass is 9.95. The molecule has 25 heavy (non-hydrogen) atoms. The van der Waals surface area contributed by atoms with Crippen LogP contribution >= 0.6 is 0 Å². The lowest BCUT2D eigenvalue weighted by Crippen LogP contribution is -2.66. The predicted octanol–water partition coefficient (Wildman–Crippen LogP) is -4.23. The zero-order valence-corrected chi connectivity index (χ0v) is 13.8. The minimum absolute atomic E-state index is 0.533. The van der Waals surface area contributed by atoms with Gasteiger partial charge in [-0.05, 0) is 6.92 Å². The zero-order chi connectivity index (χ0) is 18.9. The van der Waals surface area contributed by atoms with Crippen LogP contribution in [0.2, 0.25) is 0 Å². The van der Waals surface area contributed by atoms with Gasteiger partial charge in [0.05, 0.1) is 12.7 Å². The molecule has 0 radical (unpaired) electrons. The average Bonchev–Trinajstić information content (AvgIpc) is 2.56. The minimum atomic E-state index is -1.62. The van der Waals surface area contributed by atoms with Crippen molar-refractivity contribution in [2.75, 3.05) is 6.61 Å². The normalized spacial score (nSPS) is 48.2. The quantitative estimate of drug-likeness (QED) is 0.257. The molecular weight excluding hydrogens is 342 g/mol. The van der Waals surface area contributed by atoms with Crippen LogP contribution in [0.3, 0.4) is 0 Å². The summed E-state index contributed by atoms with van der Waals surface area (Å²) in [6.07, 6.45) is -12.3. The Morgan fingerprint density at radius 3 is 2.24 bits per heavy atom. The van der Waals surface area contributed by atoms with Gasteiger partial charge < -0.3 is 50.2 Å². The maximum Gasteiger partial charge on any atom is 0.217 e. The van der Waals surface area contributed by atoms with E-state index in [2.05, 4.69) is 5.32 Å². The number of nitrogens with one attached hydrogen (secondary N) is 1. The molecule has 0 aromatic rings. The SMILES string of the molecule is CC(=O)N[C@@H]1[C@H](O)[C@H](O[C@@H]2O[C@H](C)[C@@H](O)[C@H](O)[C@@H]2O)[C@H](CO)O[C@@H]1O. The van der Waals surface area contributed by atoms with Crippen LogP contribution in [0.15, 0.2) is 0 Å². The van der Waals surface area contributed by atoms with Gasteiger partial charge in [0.15, 0.2) is 12.6 Å². The van der Waals surface area contributed by atoms with Crippen LogP contribution in [-0.4, -0.2) is 105 Å². The van der Waals surface area contributed by atoms with E-state index in [0.717, 1.165) is 0 Å². The van der Waals surface area contributed by atoms with Gasteiger partial charge in [-0.15, -0.1) is 0 Å². The second-order valence-corrected chi connectivity index (χ2v) is 6.25. The number of hydrogen-bond donors (Lipinski definition) is 7. The first-order valence-electron chi connectivity index (χ1n) is 7.92. The van der Waals surface area contributed by atoms with Gasteiger partial charge >= 0.3 is 0 Å². The van der Waals surface area contributed by atoms with E-state index < -0.39 is 73.9 Å². The van der Waals surface area contributed by atoms with Crippen molar-refractivity contribution in [1.82, 2.24) is 5.32 Å². The van der Waals surface area contributed by atoms with Gasteiger partial charge in [-0.25, -0.2) is 0 Å². The van der Waals surface area contributed by atoms with Gasteiger partial charge in [0, 0.05) is 6.92 Å². The van der Waals surface area contributed by atoms with E-state index in [1.807, 2.05) is 0 Å². The van der Waals surface area contributed by atoms with Crippen LogP contribution in [0.5, 0.6) is 0 Å². The van der Waals surface area contributed by atoms with E-state index in [1.54, 1.807) is 0 Å². The van der Waals surface area contributed by atoms with Crippen molar-refractivity contribution >= 4 is 5.91 Å². The highest BCUT2D eigenvalue weighted by Gasteiger charge is 2.50. The monoisotopic (exact) mass is 367 g/mol. The summed E-state index contributed by atoms with van der Waals surface area (Å²) in [6, 6.07) is -1.24. The second-order valence-electron chi connectivity index (χ2n) is 6.25. The molecule has 1 amide bonds. The molecule has 0 saturated carbocycles. The van der Waals surface area contributed by atoms with Crippen LogP contribution < -0.4 is 5.32 Å². The number of carbonyl (C=O) groups is 1. The van der Waals surface area contributed by atoms with Crippen LogP contribution in [-0.2, 0) is 19.0 Å². The molecule has 2 rings (SSSR count).